The molecule has 0 saturated carbocycles. The lowest BCUT2D eigenvalue weighted by atomic mass is 10.0. The van der Waals surface area contributed by atoms with E-state index in [1.165, 1.54) is 0 Å². The Morgan fingerprint density at radius 1 is 1.11 bits per heavy atom. The first-order valence-corrected chi connectivity index (χ1v) is 9.48. The van der Waals surface area contributed by atoms with E-state index in [1.54, 1.807) is 0 Å². The van der Waals surface area contributed by atoms with Crippen molar-refractivity contribution in [3.05, 3.63) is 65.2 Å². The Hall–Kier alpha value is -1.88. The minimum Gasteiger partial charge on any atom is -0.491 e. The fraction of sp³-hybridized carbons (Fsp3) is 0.435. The number of halogens is 1. The van der Waals surface area contributed by atoms with Crippen LogP contribution in [0.5, 0.6) is 5.75 Å². The summed E-state index contributed by atoms with van der Waals surface area (Å²) in [6.45, 7) is 8.86. The predicted molar refractivity (Wildman–Crippen MR) is 117 cm³/mol. The van der Waals surface area contributed by atoms with Crippen LogP contribution in [0.3, 0.4) is 0 Å². The van der Waals surface area contributed by atoms with Gasteiger partial charge in [-0.25, -0.2) is 0 Å². The number of nitrogens with one attached hydrogen (secondary N) is 1. The average molecular weight is 406 g/mol. The van der Waals surface area contributed by atoms with Crippen LogP contribution in [0.1, 0.15) is 48.7 Å². The summed E-state index contributed by atoms with van der Waals surface area (Å²) in [5, 5.41) is 13.4. The lowest BCUT2D eigenvalue weighted by Gasteiger charge is -2.23. The Bertz CT molecular complexity index is 738. The summed E-state index contributed by atoms with van der Waals surface area (Å²) in [7, 11) is 0. The molecule has 0 aliphatic rings. The molecule has 0 amide bonds. The SMILES string of the molecule is Cc1ccc(C(=O)CCc2ccccc2OCC(O)CNC(C)(C)C)cc1.Cl. The van der Waals surface area contributed by atoms with Crippen molar-refractivity contribution in [3.8, 4) is 5.75 Å². The second-order valence-electron chi connectivity index (χ2n) is 7.99. The van der Waals surface area contributed by atoms with Gasteiger partial charge in [-0.1, -0.05) is 48.0 Å². The maximum absolute atomic E-state index is 12.4. The molecular weight excluding hydrogens is 374 g/mol. The van der Waals surface area contributed by atoms with Gasteiger partial charge in [0.1, 0.15) is 18.5 Å². The highest BCUT2D eigenvalue weighted by molar-refractivity contribution is 5.96. The predicted octanol–water partition coefficient (Wildman–Crippen LogP) is 4.36. The van der Waals surface area contributed by atoms with Crippen molar-refractivity contribution < 1.29 is 14.6 Å². The Kier molecular flexibility index (Phi) is 9.66. The molecule has 0 aliphatic heterocycles. The third kappa shape index (κ3) is 8.42. The van der Waals surface area contributed by atoms with Gasteiger partial charge in [0.05, 0.1) is 0 Å². The molecule has 28 heavy (non-hydrogen) atoms. The summed E-state index contributed by atoms with van der Waals surface area (Å²) in [5.41, 5.74) is 2.82. The number of carbonyl (C=O) groups excluding carboxylic acids is 1. The Balaban J connectivity index is 0.00000392. The van der Waals surface area contributed by atoms with Crippen molar-refractivity contribution in [2.75, 3.05) is 13.2 Å². The first-order valence-electron chi connectivity index (χ1n) is 9.48. The van der Waals surface area contributed by atoms with Gasteiger partial charge in [0.2, 0.25) is 0 Å². The molecule has 154 valence electrons. The highest BCUT2D eigenvalue weighted by atomic mass is 35.5. The molecule has 0 aliphatic carbocycles. The van der Waals surface area contributed by atoms with Gasteiger partial charge in [-0.2, -0.15) is 0 Å². The number of aliphatic hydroxyl groups excluding tert-OH is 1. The largest absolute Gasteiger partial charge is 0.491 e. The molecule has 0 fully saturated rings. The van der Waals surface area contributed by atoms with E-state index in [2.05, 4.69) is 26.1 Å². The zero-order chi connectivity index (χ0) is 19.9. The normalized spacial score (nSPS) is 12.2. The number of aliphatic hydroxyl groups is 1. The summed E-state index contributed by atoms with van der Waals surface area (Å²) in [6.07, 6.45) is 0.447. The van der Waals surface area contributed by atoms with Gasteiger partial charge >= 0.3 is 0 Å². The van der Waals surface area contributed by atoms with E-state index >= 15 is 0 Å². The van der Waals surface area contributed by atoms with E-state index in [4.69, 9.17) is 4.74 Å². The number of ketones is 1. The number of benzene rings is 2. The number of rotatable bonds is 9. The lowest BCUT2D eigenvalue weighted by molar-refractivity contribution is 0.0972. The lowest BCUT2D eigenvalue weighted by Crippen LogP contribution is -2.42. The first-order chi connectivity index (χ1) is 12.7. The Morgan fingerprint density at radius 3 is 2.39 bits per heavy atom. The molecule has 2 aromatic carbocycles. The molecule has 0 heterocycles. The van der Waals surface area contributed by atoms with Gasteiger partial charge in [0.15, 0.2) is 5.78 Å². The Morgan fingerprint density at radius 2 is 1.75 bits per heavy atom. The topological polar surface area (TPSA) is 58.6 Å². The van der Waals surface area contributed by atoms with Crippen LogP contribution in [-0.4, -0.2) is 35.7 Å². The highest BCUT2D eigenvalue weighted by Gasteiger charge is 2.14. The smallest absolute Gasteiger partial charge is 0.163 e. The van der Waals surface area contributed by atoms with Crippen molar-refractivity contribution >= 4 is 18.2 Å². The van der Waals surface area contributed by atoms with Gasteiger partial charge in [-0.3, -0.25) is 4.79 Å². The fourth-order valence-corrected chi connectivity index (χ4v) is 2.65. The third-order valence-corrected chi connectivity index (χ3v) is 4.27. The number of carbonyl (C=O) groups is 1. The van der Waals surface area contributed by atoms with Gasteiger partial charge in [0, 0.05) is 24.1 Å². The number of para-hydroxylation sites is 1. The van der Waals surface area contributed by atoms with Crippen LogP contribution in [0, 0.1) is 6.92 Å². The van der Waals surface area contributed by atoms with E-state index in [0.717, 1.165) is 22.4 Å². The molecule has 1 atom stereocenters. The number of aryl methyl sites for hydroxylation is 2. The standard InChI is InChI=1S/C23H31NO3.ClH/c1-17-9-11-18(12-10-17)21(26)14-13-19-7-5-6-8-22(19)27-16-20(25)15-24-23(2,3)4;/h5-12,20,24-25H,13-16H2,1-4H3;1H. The van der Waals surface area contributed by atoms with Gasteiger partial charge in [-0.05, 0) is 45.7 Å². The number of β-amino-alcohol motifs (C(OH)–C–C–N with tert-alkyl or cyclic N) is 1. The van der Waals surface area contributed by atoms with E-state index < -0.39 is 6.10 Å². The summed E-state index contributed by atoms with van der Waals surface area (Å²) >= 11 is 0. The molecule has 1 unspecified atom stereocenters. The quantitative estimate of drug-likeness (QED) is 0.608. The highest BCUT2D eigenvalue weighted by Crippen LogP contribution is 2.21. The molecule has 0 saturated heterocycles. The molecule has 0 aromatic heterocycles. The fourth-order valence-electron chi connectivity index (χ4n) is 2.65. The minimum absolute atomic E-state index is 0. The summed E-state index contributed by atoms with van der Waals surface area (Å²) < 4.78 is 5.82. The van der Waals surface area contributed by atoms with Crippen LogP contribution in [0.25, 0.3) is 0 Å². The van der Waals surface area contributed by atoms with Crippen LogP contribution >= 0.6 is 12.4 Å². The van der Waals surface area contributed by atoms with Gasteiger partial charge in [0.25, 0.3) is 0 Å². The second kappa shape index (κ2) is 11.2. The van der Waals surface area contributed by atoms with Gasteiger partial charge in [-0.15, -0.1) is 12.4 Å². The molecule has 0 radical (unpaired) electrons. The van der Waals surface area contributed by atoms with Crippen LogP contribution in [0.15, 0.2) is 48.5 Å². The molecule has 2 N–H and O–H groups in total. The van der Waals surface area contributed by atoms with Gasteiger partial charge < -0.3 is 15.2 Å². The van der Waals surface area contributed by atoms with Crippen LogP contribution < -0.4 is 10.1 Å². The molecule has 2 rings (SSSR count). The number of hydrogen-bond acceptors (Lipinski definition) is 4. The summed E-state index contributed by atoms with van der Waals surface area (Å²) in [4.78, 5) is 12.4. The zero-order valence-corrected chi connectivity index (χ0v) is 18.0. The first kappa shape index (κ1) is 24.2. The van der Waals surface area contributed by atoms with Crippen molar-refractivity contribution in [2.45, 2.75) is 52.2 Å². The van der Waals surface area contributed by atoms with Crippen LogP contribution in [-0.2, 0) is 6.42 Å². The maximum Gasteiger partial charge on any atom is 0.163 e. The molecular formula is C23H32ClNO3. The Labute approximate surface area is 174 Å². The zero-order valence-electron chi connectivity index (χ0n) is 17.2. The number of Topliss-reactive ketones (excluding diaryl/α,β-unsaturated/α-hetero) is 1. The average Bonchev–Trinajstić information content (AvgIpc) is 2.63. The van der Waals surface area contributed by atoms with E-state index in [9.17, 15) is 9.90 Å². The number of hydrogen-bond donors (Lipinski definition) is 2. The maximum atomic E-state index is 12.4. The van der Waals surface area contributed by atoms with E-state index in [0.29, 0.717) is 19.4 Å². The van der Waals surface area contributed by atoms with Crippen molar-refractivity contribution in [2.24, 2.45) is 0 Å². The monoisotopic (exact) mass is 405 g/mol. The molecule has 2 aromatic rings. The minimum atomic E-state index is -0.591. The molecule has 0 spiro atoms. The van der Waals surface area contributed by atoms with E-state index in [1.807, 2.05) is 55.5 Å². The summed E-state index contributed by atoms with van der Waals surface area (Å²) in [6, 6.07) is 15.4. The van der Waals surface area contributed by atoms with Crippen molar-refractivity contribution in [1.29, 1.82) is 0 Å². The third-order valence-electron chi connectivity index (χ3n) is 4.27. The number of ether oxygens (including phenoxy) is 1. The molecule has 4 nitrogen and oxygen atoms in total. The molecule has 5 heteroatoms. The van der Waals surface area contributed by atoms with Crippen molar-refractivity contribution in [3.63, 3.8) is 0 Å². The second-order valence-corrected chi connectivity index (χ2v) is 7.99. The van der Waals surface area contributed by atoms with E-state index in [-0.39, 0.29) is 30.3 Å². The van der Waals surface area contributed by atoms with Crippen LogP contribution in [0.2, 0.25) is 0 Å². The van der Waals surface area contributed by atoms with Crippen molar-refractivity contribution in [1.82, 2.24) is 5.32 Å². The molecule has 0 bridgehead atoms. The van der Waals surface area contributed by atoms with Crippen LogP contribution in [0.4, 0.5) is 0 Å². The summed E-state index contributed by atoms with van der Waals surface area (Å²) in [5.74, 6) is 0.850.